The van der Waals surface area contributed by atoms with Gasteiger partial charge in [-0.1, -0.05) is 29.8 Å². The maximum absolute atomic E-state index is 13.7. The van der Waals surface area contributed by atoms with Crippen molar-refractivity contribution in [2.45, 2.75) is 49.6 Å². The lowest BCUT2D eigenvalue weighted by Crippen LogP contribution is -2.54. The zero-order chi connectivity index (χ0) is 28.2. The first-order valence-electron chi connectivity index (χ1n) is 14.6. The molecule has 2 N–H and O–H groups in total. The molecule has 11 heteroatoms. The SMILES string of the molecule is O=C(N[C@@H]1CCCN2[C@@H]1CN(c1ccc(C3(CCN4CCOCC4)CC3)cc1)S2(=O)=O)c1ccc2c(Cl)c[nH]c2c1. The predicted molar refractivity (Wildman–Crippen MR) is 160 cm³/mol. The molecule has 9 nitrogen and oxygen atoms in total. The number of hydrogen-bond donors (Lipinski definition) is 2. The van der Waals surface area contributed by atoms with E-state index in [1.165, 1.54) is 22.7 Å². The second-order valence-electron chi connectivity index (χ2n) is 11.9. The highest BCUT2D eigenvalue weighted by Gasteiger charge is 2.49. The smallest absolute Gasteiger partial charge is 0.304 e. The molecule has 0 unspecified atom stereocenters. The van der Waals surface area contributed by atoms with Crippen molar-refractivity contribution in [1.82, 2.24) is 19.5 Å². The number of carbonyl (C=O) groups is 1. The molecule has 3 saturated heterocycles. The summed E-state index contributed by atoms with van der Waals surface area (Å²) in [6.45, 7) is 5.48. The lowest BCUT2D eigenvalue weighted by atomic mass is 9.92. The van der Waals surface area contributed by atoms with E-state index in [4.69, 9.17) is 16.3 Å². The minimum Gasteiger partial charge on any atom is -0.379 e. The average molecular weight is 598 g/mol. The first-order valence-corrected chi connectivity index (χ1v) is 16.4. The van der Waals surface area contributed by atoms with E-state index < -0.39 is 10.2 Å². The monoisotopic (exact) mass is 597 g/mol. The number of nitrogens with one attached hydrogen (secondary N) is 2. The van der Waals surface area contributed by atoms with Crippen LogP contribution in [0.4, 0.5) is 5.69 Å². The van der Waals surface area contributed by atoms with Crippen molar-refractivity contribution in [3.05, 3.63) is 64.8 Å². The van der Waals surface area contributed by atoms with Gasteiger partial charge in [-0.2, -0.15) is 12.7 Å². The molecule has 0 spiro atoms. The van der Waals surface area contributed by atoms with Crippen LogP contribution in [0.2, 0.25) is 5.02 Å². The molecule has 3 aliphatic heterocycles. The van der Waals surface area contributed by atoms with E-state index in [0.717, 1.165) is 56.6 Å². The van der Waals surface area contributed by atoms with E-state index in [1.54, 1.807) is 22.6 Å². The van der Waals surface area contributed by atoms with Crippen LogP contribution >= 0.6 is 11.6 Å². The van der Waals surface area contributed by atoms with Crippen molar-refractivity contribution in [2.24, 2.45) is 0 Å². The van der Waals surface area contributed by atoms with Gasteiger partial charge in [0.2, 0.25) is 0 Å². The summed E-state index contributed by atoms with van der Waals surface area (Å²) >= 11 is 6.18. The third-order valence-corrected chi connectivity index (χ3v) is 11.8. The number of aromatic nitrogens is 1. The van der Waals surface area contributed by atoms with Crippen LogP contribution in [0.15, 0.2) is 48.7 Å². The lowest BCUT2D eigenvalue weighted by molar-refractivity contribution is 0.0362. The van der Waals surface area contributed by atoms with Crippen molar-refractivity contribution in [1.29, 1.82) is 0 Å². The molecule has 2 atom stereocenters. The Kier molecular flexibility index (Phi) is 7.02. The van der Waals surface area contributed by atoms with Crippen LogP contribution in [-0.4, -0.2) is 86.5 Å². The Hall–Kier alpha value is -2.63. The summed E-state index contributed by atoms with van der Waals surface area (Å²) in [5.41, 5.74) is 3.51. The van der Waals surface area contributed by atoms with Gasteiger partial charge < -0.3 is 15.0 Å². The summed E-state index contributed by atoms with van der Waals surface area (Å²) in [6.07, 6.45) is 6.62. The molecule has 4 fully saturated rings. The summed E-state index contributed by atoms with van der Waals surface area (Å²) in [4.78, 5) is 18.8. The van der Waals surface area contributed by atoms with Gasteiger partial charge in [-0.15, -0.1) is 0 Å². The second-order valence-corrected chi connectivity index (χ2v) is 14.1. The second kappa shape index (κ2) is 10.6. The zero-order valence-corrected chi connectivity index (χ0v) is 24.6. The summed E-state index contributed by atoms with van der Waals surface area (Å²) in [5, 5.41) is 4.61. The number of rotatable bonds is 7. The van der Waals surface area contributed by atoms with Crippen LogP contribution in [0, 0.1) is 0 Å². The van der Waals surface area contributed by atoms with E-state index in [0.29, 0.717) is 35.8 Å². The number of fused-ring (bicyclic) bond motifs is 2. The quantitative estimate of drug-likeness (QED) is 0.430. The number of benzene rings is 2. The number of piperidine rings is 1. The fourth-order valence-corrected chi connectivity index (χ4v) is 8.94. The maximum Gasteiger partial charge on any atom is 0.304 e. The highest BCUT2D eigenvalue weighted by molar-refractivity contribution is 7.90. The fraction of sp³-hybridized carbons (Fsp3) is 0.500. The number of morpholine rings is 1. The van der Waals surface area contributed by atoms with Gasteiger partial charge in [0, 0.05) is 48.3 Å². The molecular weight excluding hydrogens is 562 g/mol. The molecule has 7 rings (SSSR count). The van der Waals surface area contributed by atoms with E-state index in [1.807, 2.05) is 18.2 Å². The topological polar surface area (TPSA) is 98.0 Å². The lowest BCUT2D eigenvalue weighted by Gasteiger charge is -2.34. The number of ether oxygens (including phenoxy) is 1. The van der Waals surface area contributed by atoms with Crippen LogP contribution in [0.25, 0.3) is 10.9 Å². The third-order valence-electron chi connectivity index (χ3n) is 9.50. The van der Waals surface area contributed by atoms with E-state index in [2.05, 4.69) is 27.3 Å². The van der Waals surface area contributed by atoms with Gasteiger partial charge in [0.25, 0.3) is 5.91 Å². The van der Waals surface area contributed by atoms with Crippen molar-refractivity contribution in [3.63, 3.8) is 0 Å². The van der Waals surface area contributed by atoms with Crippen LogP contribution in [0.3, 0.4) is 0 Å². The average Bonchev–Trinajstić information content (AvgIpc) is 3.62. The van der Waals surface area contributed by atoms with Crippen molar-refractivity contribution < 1.29 is 17.9 Å². The van der Waals surface area contributed by atoms with E-state index in [9.17, 15) is 13.2 Å². The van der Waals surface area contributed by atoms with Crippen molar-refractivity contribution in [2.75, 3.05) is 50.2 Å². The maximum atomic E-state index is 13.7. The number of anilines is 1. The molecule has 0 radical (unpaired) electrons. The molecule has 1 aliphatic carbocycles. The summed E-state index contributed by atoms with van der Waals surface area (Å²) in [7, 11) is -3.68. The minimum atomic E-state index is -3.68. The minimum absolute atomic E-state index is 0.210. The Bertz CT molecular complexity index is 1550. The normalized spacial score (nSPS) is 25.7. The molecular formula is C30H36ClN5O4S. The molecule has 1 aromatic heterocycles. The Morgan fingerprint density at radius 2 is 1.88 bits per heavy atom. The van der Waals surface area contributed by atoms with Crippen LogP contribution in [0.5, 0.6) is 0 Å². The number of hydrogen-bond acceptors (Lipinski definition) is 5. The molecule has 3 aromatic rings. The van der Waals surface area contributed by atoms with Gasteiger partial charge in [-0.05, 0) is 73.9 Å². The standard InChI is InChI=1S/C30H36ClN5O4S/c31-25-19-32-27-18-21(3-8-24(25)27)29(37)33-26-2-1-12-35-28(26)20-36(41(35,38)39)23-6-4-22(5-7-23)30(9-10-30)11-13-34-14-16-40-17-15-34/h3-8,18-19,26,28,32H,1-2,9-17,20H2,(H,33,37)/t26-,28-/m1/s1. The van der Waals surface area contributed by atoms with E-state index in [-0.39, 0.29) is 23.4 Å². The summed E-state index contributed by atoms with van der Waals surface area (Å²) < 4.78 is 35.9. The molecule has 1 amide bonds. The van der Waals surface area contributed by atoms with Gasteiger partial charge in [-0.3, -0.25) is 14.0 Å². The molecule has 1 saturated carbocycles. The van der Waals surface area contributed by atoms with Gasteiger partial charge in [0.1, 0.15) is 0 Å². The van der Waals surface area contributed by atoms with Gasteiger partial charge in [0.05, 0.1) is 36.5 Å². The number of H-pyrrole nitrogens is 1. The van der Waals surface area contributed by atoms with E-state index >= 15 is 0 Å². The third kappa shape index (κ3) is 5.03. The van der Waals surface area contributed by atoms with Gasteiger partial charge >= 0.3 is 10.2 Å². The van der Waals surface area contributed by atoms with Gasteiger partial charge in [0.15, 0.2) is 0 Å². The van der Waals surface area contributed by atoms with Crippen LogP contribution in [-0.2, 0) is 20.4 Å². The van der Waals surface area contributed by atoms with Crippen molar-refractivity contribution in [3.8, 4) is 0 Å². The molecule has 4 heterocycles. The summed E-state index contributed by atoms with van der Waals surface area (Å²) in [5.74, 6) is -0.212. The molecule has 41 heavy (non-hydrogen) atoms. The zero-order valence-electron chi connectivity index (χ0n) is 23.0. The van der Waals surface area contributed by atoms with Gasteiger partial charge in [-0.25, -0.2) is 0 Å². The predicted octanol–water partition coefficient (Wildman–Crippen LogP) is 3.90. The number of aromatic amines is 1. The Morgan fingerprint density at radius 1 is 1.10 bits per heavy atom. The number of halogens is 1. The van der Waals surface area contributed by atoms with Crippen LogP contribution in [0.1, 0.15) is 48.0 Å². The Labute approximate surface area is 245 Å². The first kappa shape index (κ1) is 27.2. The van der Waals surface area contributed by atoms with Crippen LogP contribution < -0.4 is 9.62 Å². The Morgan fingerprint density at radius 3 is 2.63 bits per heavy atom. The molecule has 2 aromatic carbocycles. The molecule has 218 valence electrons. The summed E-state index contributed by atoms with van der Waals surface area (Å²) in [6, 6.07) is 12.9. The highest BCUT2D eigenvalue weighted by Crippen LogP contribution is 2.51. The first-order chi connectivity index (χ1) is 19.8. The number of nitrogens with zero attached hydrogens (tertiary/aromatic N) is 3. The fourth-order valence-electron chi connectivity index (χ4n) is 6.82. The largest absolute Gasteiger partial charge is 0.379 e. The number of amides is 1. The molecule has 4 aliphatic rings. The highest BCUT2D eigenvalue weighted by atomic mass is 35.5. The molecule has 0 bridgehead atoms. The Balaban J connectivity index is 1.04. The van der Waals surface area contributed by atoms with Crippen molar-refractivity contribution >= 4 is 44.3 Å². The number of carbonyl (C=O) groups excluding carboxylic acids is 1.